The number of aliphatic carboxylic acids is 1. The second kappa shape index (κ2) is 5.33. The van der Waals surface area contributed by atoms with E-state index in [1.165, 1.54) is 12.3 Å². The van der Waals surface area contributed by atoms with Gasteiger partial charge >= 0.3 is 5.97 Å². The van der Waals surface area contributed by atoms with E-state index in [1.807, 2.05) is 0 Å². The molecule has 0 aliphatic rings. The zero-order valence-corrected chi connectivity index (χ0v) is 10.6. The summed E-state index contributed by atoms with van der Waals surface area (Å²) in [5, 5.41) is 8.71. The Balaban J connectivity index is 3.03. The van der Waals surface area contributed by atoms with Gasteiger partial charge in [-0.3, -0.25) is 4.79 Å². The van der Waals surface area contributed by atoms with Gasteiger partial charge in [-0.1, -0.05) is 6.92 Å². The summed E-state index contributed by atoms with van der Waals surface area (Å²) in [4.78, 5) is 10.8. The van der Waals surface area contributed by atoms with Crippen LogP contribution < -0.4 is 0 Å². The standard InChI is InChI=1S/C10H16N2O4S/c1-3-5-12(8-10(13)14)17(15,16)9-4-6-11(2)7-9/h4,6-7H,3,5,8H2,1-2H3,(H,13,14). The number of aromatic nitrogens is 1. The van der Waals surface area contributed by atoms with Crippen LogP contribution in [0.4, 0.5) is 0 Å². The van der Waals surface area contributed by atoms with Gasteiger partial charge in [0.05, 0.1) is 4.90 Å². The van der Waals surface area contributed by atoms with Crippen LogP contribution in [0.2, 0.25) is 0 Å². The van der Waals surface area contributed by atoms with Crippen molar-refractivity contribution in [1.29, 1.82) is 0 Å². The highest BCUT2D eigenvalue weighted by atomic mass is 32.2. The van der Waals surface area contributed by atoms with Crippen molar-refractivity contribution in [2.24, 2.45) is 7.05 Å². The number of rotatable bonds is 6. The molecule has 1 aromatic heterocycles. The smallest absolute Gasteiger partial charge is 0.318 e. The molecule has 0 radical (unpaired) electrons. The molecule has 0 saturated carbocycles. The van der Waals surface area contributed by atoms with Crippen LogP contribution in [0.1, 0.15) is 13.3 Å². The molecular formula is C10H16N2O4S. The van der Waals surface area contributed by atoms with Gasteiger partial charge in [-0.15, -0.1) is 0 Å². The number of carbonyl (C=O) groups is 1. The molecule has 0 atom stereocenters. The van der Waals surface area contributed by atoms with Crippen molar-refractivity contribution in [1.82, 2.24) is 8.87 Å². The first-order chi connectivity index (χ1) is 7.87. The maximum atomic E-state index is 12.1. The van der Waals surface area contributed by atoms with Crippen LogP contribution in [-0.4, -0.2) is 41.5 Å². The molecule has 0 aromatic carbocycles. The van der Waals surface area contributed by atoms with Crippen LogP contribution in [-0.2, 0) is 21.9 Å². The first-order valence-corrected chi connectivity index (χ1v) is 6.66. The van der Waals surface area contributed by atoms with Crippen LogP contribution >= 0.6 is 0 Å². The third-order valence-electron chi connectivity index (χ3n) is 2.23. The molecule has 0 aliphatic heterocycles. The first-order valence-electron chi connectivity index (χ1n) is 5.22. The minimum absolute atomic E-state index is 0.120. The van der Waals surface area contributed by atoms with Gasteiger partial charge in [0.1, 0.15) is 6.54 Å². The average molecular weight is 260 g/mol. The molecule has 7 heteroatoms. The molecule has 0 saturated heterocycles. The lowest BCUT2D eigenvalue weighted by molar-refractivity contribution is -0.137. The first kappa shape index (κ1) is 13.7. The Hall–Kier alpha value is -1.34. The monoisotopic (exact) mass is 260 g/mol. The lowest BCUT2D eigenvalue weighted by atomic mass is 10.5. The van der Waals surface area contributed by atoms with Crippen LogP contribution in [0.15, 0.2) is 23.4 Å². The molecule has 96 valence electrons. The van der Waals surface area contributed by atoms with Crippen molar-refractivity contribution in [2.75, 3.05) is 13.1 Å². The normalized spacial score (nSPS) is 11.9. The van der Waals surface area contributed by atoms with Crippen LogP contribution in [0, 0.1) is 0 Å². The Bertz CT molecular complexity index is 492. The van der Waals surface area contributed by atoms with E-state index in [0.29, 0.717) is 6.42 Å². The molecule has 0 bridgehead atoms. The summed E-state index contributed by atoms with van der Waals surface area (Å²) in [6.07, 6.45) is 3.64. The van der Waals surface area contributed by atoms with Crippen LogP contribution in [0.3, 0.4) is 0 Å². The minimum atomic E-state index is -3.71. The highest BCUT2D eigenvalue weighted by Crippen LogP contribution is 2.15. The molecule has 17 heavy (non-hydrogen) atoms. The molecule has 1 rings (SSSR count). The van der Waals surface area contributed by atoms with Crippen molar-refractivity contribution in [3.05, 3.63) is 18.5 Å². The summed E-state index contributed by atoms with van der Waals surface area (Å²) in [5.41, 5.74) is 0. The van der Waals surface area contributed by atoms with Crippen molar-refractivity contribution >= 4 is 16.0 Å². The summed E-state index contributed by atoms with van der Waals surface area (Å²) in [5.74, 6) is -1.15. The lowest BCUT2D eigenvalue weighted by Gasteiger charge is -2.18. The van der Waals surface area contributed by atoms with E-state index in [2.05, 4.69) is 0 Å². The third-order valence-corrected chi connectivity index (χ3v) is 4.06. The molecule has 0 unspecified atom stereocenters. The Labute approximate surface area is 101 Å². The van der Waals surface area contributed by atoms with E-state index >= 15 is 0 Å². The predicted octanol–water partition coefficient (Wildman–Crippen LogP) is 0.510. The van der Waals surface area contributed by atoms with E-state index in [0.717, 1.165) is 4.31 Å². The fraction of sp³-hybridized carbons (Fsp3) is 0.500. The highest BCUT2D eigenvalue weighted by Gasteiger charge is 2.26. The zero-order valence-electron chi connectivity index (χ0n) is 9.83. The van der Waals surface area contributed by atoms with Crippen molar-refractivity contribution in [3.63, 3.8) is 0 Å². The number of hydrogen-bond acceptors (Lipinski definition) is 3. The topological polar surface area (TPSA) is 79.6 Å². The third kappa shape index (κ3) is 3.31. The SMILES string of the molecule is CCCN(CC(=O)O)S(=O)(=O)c1ccn(C)c1. The van der Waals surface area contributed by atoms with Crippen molar-refractivity contribution in [2.45, 2.75) is 18.2 Å². The van der Waals surface area contributed by atoms with Crippen molar-refractivity contribution in [3.8, 4) is 0 Å². The largest absolute Gasteiger partial charge is 0.480 e. The van der Waals surface area contributed by atoms with Gasteiger partial charge in [0.2, 0.25) is 10.0 Å². The number of aryl methyl sites for hydroxylation is 1. The molecule has 1 heterocycles. The van der Waals surface area contributed by atoms with Gasteiger partial charge in [0, 0.05) is 26.0 Å². The van der Waals surface area contributed by atoms with E-state index in [4.69, 9.17) is 5.11 Å². The van der Waals surface area contributed by atoms with Crippen LogP contribution in [0.5, 0.6) is 0 Å². The molecule has 1 aromatic rings. The number of sulfonamides is 1. The number of hydrogen-bond donors (Lipinski definition) is 1. The summed E-state index contributed by atoms with van der Waals surface area (Å²) in [6.45, 7) is 1.49. The molecule has 1 N–H and O–H groups in total. The molecule has 0 aliphatic carbocycles. The number of nitrogens with zero attached hydrogens (tertiary/aromatic N) is 2. The van der Waals surface area contributed by atoms with E-state index in [1.54, 1.807) is 24.7 Å². The molecule has 0 spiro atoms. The molecular weight excluding hydrogens is 244 g/mol. The lowest BCUT2D eigenvalue weighted by Crippen LogP contribution is -2.36. The summed E-state index contributed by atoms with van der Waals surface area (Å²) >= 11 is 0. The quantitative estimate of drug-likeness (QED) is 0.808. The van der Waals surface area contributed by atoms with E-state index in [-0.39, 0.29) is 11.4 Å². The second-order valence-electron chi connectivity index (χ2n) is 3.75. The van der Waals surface area contributed by atoms with Gasteiger partial charge in [-0.25, -0.2) is 8.42 Å². The molecule has 6 nitrogen and oxygen atoms in total. The molecule has 0 fully saturated rings. The van der Waals surface area contributed by atoms with E-state index < -0.39 is 22.5 Å². The Morgan fingerprint density at radius 2 is 2.18 bits per heavy atom. The maximum absolute atomic E-state index is 12.1. The predicted molar refractivity (Wildman–Crippen MR) is 62.1 cm³/mol. The van der Waals surface area contributed by atoms with E-state index in [9.17, 15) is 13.2 Å². The second-order valence-corrected chi connectivity index (χ2v) is 5.68. The number of carboxylic acid groups (broad SMARTS) is 1. The van der Waals surface area contributed by atoms with Crippen LogP contribution in [0.25, 0.3) is 0 Å². The number of carboxylic acids is 1. The fourth-order valence-corrected chi connectivity index (χ4v) is 3.00. The summed E-state index contributed by atoms with van der Waals surface area (Å²) in [6, 6.07) is 1.46. The van der Waals surface area contributed by atoms with Gasteiger partial charge in [0.15, 0.2) is 0 Å². The fourth-order valence-electron chi connectivity index (χ4n) is 1.46. The van der Waals surface area contributed by atoms with Gasteiger partial charge in [-0.05, 0) is 12.5 Å². The highest BCUT2D eigenvalue weighted by molar-refractivity contribution is 7.89. The Kier molecular flexibility index (Phi) is 4.30. The van der Waals surface area contributed by atoms with Gasteiger partial charge < -0.3 is 9.67 Å². The molecule has 0 amide bonds. The average Bonchev–Trinajstić information content (AvgIpc) is 2.64. The zero-order chi connectivity index (χ0) is 13.1. The van der Waals surface area contributed by atoms with Gasteiger partial charge in [-0.2, -0.15) is 4.31 Å². The summed E-state index contributed by atoms with van der Waals surface area (Å²) in [7, 11) is -2.00. The minimum Gasteiger partial charge on any atom is -0.480 e. The van der Waals surface area contributed by atoms with Crippen molar-refractivity contribution < 1.29 is 18.3 Å². The Morgan fingerprint density at radius 3 is 2.59 bits per heavy atom. The summed E-state index contributed by atoms with van der Waals surface area (Å²) < 4.78 is 26.8. The Morgan fingerprint density at radius 1 is 1.53 bits per heavy atom. The maximum Gasteiger partial charge on any atom is 0.318 e. The van der Waals surface area contributed by atoms with Gasteiger partial charge in [0.25, 0.3) is 0 Å².